The molecule has 398 valence electrons. The highest BCUT2D eigenvalue weighted by molar-refractivity contribution is 5.99. The largest absolute Gasteiger partial charge is 0.370 e. The third-order valence-electron chi connectivity index (χ3n) is 12.3. The molecule has 74 heavy (non-hydrogen) atoms. The van der Waals surface area contributed by atoms with E-state index in [-0.39, 0.29) is 76.8 Å². The topological polar surface area (TPSA) is 385 Å². The van der Waals surface area contributed by atoms with Crippen LogP contribution < -0.4 is 59.7 Å². The van der Waals surface area contributed by atoms with Gasteiger partial charge < -0.3 is 69.7 Å². The Morgan fingerprint density at radius 3 is 2.08 bits per heavy atom. The van der Waals surface area contributed by atoms with Crippen LogP contribution in [0.25, 0.3) is 10.9 Å². The van der Waals surface area contributed by atoms with Gasteiger partial charge in [-0.2, -0.15) is 0 Å². The number of hydrogen-bond donors (Lipinski definition) is 13. The molecule has 9 amide bonds. The Kier molecular flexibility index (Phi) is 21.9. The molecule has 1 unspecified atom stereocenters. The molecule has 24 nitrogen and oxygen atoms in total. The first-order valence-corrected chi connectivity index (χ1v) is 24.8. The molecule has 2 aromatic carbocycles. The molecule has 0 aliphatic carbocycles. The number of fused-ring (bicyclic) bond motifs is 1. The maximum atomic E-state index is 14.7. The van der Waals surface area contributed by atoms with Crippen LogP contribution in [0, 0.1) is 0 Å². The highest BCUT2D eigenvalue weighted by Crippen LogP contribution is 2.20. The number of unbranched alkanes of at least 4 members (excludes halogenated alkanes) is 1. The molecule has 0 radical (unpaired) electrons. The van der Waals surface area contributed by atoms with E-state index in [1.807, 2.05) is 31.2 Å². The van der Waals surface area contributed by atoms with E-state index in [1.54, 1.807) is 36.5 Å². The third kappa shape index (κ3) is 18.1. The van der Waals surface area contributed by atoms with Crippen LogP contribution in [-0.4, -0.2) is 129 Å². The number of guanidine groups is 1. The second kappa shape index (κ2) is 28.7. The summed E-state index contributed by atoms with van der Waals surface area (Å²) in [7, 11) is 0. The van der Waals surface area contributed by atoms with Crippen molar-refractivity contribution in [2.45, 2.75) is 133 Å². The lowest BCUT2D eigenvalue weighted by molar-refractivity contribution is -0.136. The number of aliphatic imine (C=N–C) groups is 1. The lowest BCUT2D eigenvalue weighted by atomic mass is 10.0. The van der Waals surface area contributed by atoms with E-state index in [4.69, 9.17) is 17.2 Å². The van der Waals surface area contributed by atoms with Gasteiger partial charge in [-0.1, -0.05) is 68.3 Å². The van der Waals surface area contributed by atoms with Crippen LogP contribution in [-0.2, 0) is 62.4 Å². The SMILES string of the molecule is CCCCC(NC(C)=O)C(=O)N[C@H]1CC(=O)NCCCC[C@@H](C(N)=O)NC(=O)[C@H](Cc2c[nH]c3ccccc23)NC(=O)[C@H](CCCN=C(N)N)NC(=O)[C@@H](Cc2ccccc2)NC(=O)[C@H](Cc2cnc[nH]2)NC1=O. The average Bonchev–Trinajstić information content (AvgIpc) is 4.04. The molecule has 3 heterocycles. The summed E-state index contributed by atoms with van der Waals surface area (Å²) in [4.78, 5) is 139. The second-order valence-electron chi connectivity index (χ2n) is 18.2. The molecular formula is C50H69N15O9. The smallest absolute Gasteiger partial charge is 0.243 e. The van der Waals surface area contributed by atoms with E-state index in [0.717, 1.165) is 10.9 Å². The van der Waals surface area contributed by atoms with Crippen molar-refractivity contribution in [2.75, 3.05) is 13.1 Å². The summed E-state index contributed by atoms with van der Waals surface area (Å²) >= 11 is 0. The number of imidazole rings is 1. The van der Waals surface area contributed by atoms with Gasteiger partial charge in [0.1, 0.15) is 42.3 Å². The molecule has 1 fully saturated rings. The molecule has 0 spiro atoms. The number of benzene rings is 2. The fourth-order valence-electron chi connectivity index (χ4n) is 8.40. The van der Waals surface area contributed by atoms with E-state index in [0.29, 0.717) is 29.7 Å². The highest BCUT2D eigenvalue weighted by atomic mass is 16.2. The van der Waals surface area contributed by atoms with Crippen LogP contribution >= 0.6 is 0 Å². The lowest BCUT2D eigenvalue weighted by Crippen LogP contribution is -2.61. The van der Waals surface area contributed by atoms with Crippen LogP contribution in [0.3, 0.4) is 0 Å². The Hall–Kier alpha value is -8.31. The average molecular weight is 1020 g/mol. The Labute approximate surface area is 428 Å². The highest BCUT2D eigenvalue weighted by Gasteiger charge is 2.35. The first-order valence-electron chi connectivity index (χ1n) is 24.8. The number of carbonyl (C=O) groups excluding carboxylic acids is 9. The van der Waals surface area contributed by atoms with Crippen LogP contribution in [0.5, 0.6) is 0 Å². The minimum absolute atomic E-state index is 0.0408. The van der Waals surface area contributed by atoms with Crippen LogP contribution in [0.4, 0.5) is 0 Å². The molecule has 5 rings (SSSR count). The minimum atomic E-state index is -1.58. The fourth-order valence-corrected chi connectivity index (χ4v) is 8.40. The maximum absolute atomic E-state index is 14.7. The second-order valence-corrected chi connectivity index (χ2v) is 18.2. The first kappa shape index (κ1) is 56.6. The van der Waals surface area contributed by atoms with Gasteiger partial charge >= 0.3 is 0 Å². The standard InChI is InChI=1S/C50H69N15O9/c1-3-4-16-36(59-29(2)66)44(69)65-41-25-42(67)55-20-11-10-18-35(43(51)68)60-47(72)39(23-31-26-57-34-17-9-8-15-33(31)34)63-45(70)37(19-12-21-56-50(52)53)61-46(71)38(22-30-13-6-5-7-14-30)62-48(73)40(64-49(41)74)24-32-27-54-28-58-32/h5-9,13-15,17,26-28,35-41,57H,3-4,10-12,16,18-25H2,1-2H3,(H2,51,68)(H,54,58)(H,55,67)(H,59,66)(H,60,72)(H,61,71)(H,62,73)(H,63,70)(H,64,74)(H,65,69)(H4,52,53,56)/t35-,36?,37-,38+,39-,40-,41-/m0/s1. The predicted molar refractivity (Wildman–Crippen MR) is 274 cm³/mol. The molecule has 1 aliphatic heterocycles. The maximum Gasteiger partial charge on any atom is 0.243 e. The first-order chi connectivity index (χ1) is 35.5. The molecule has 4 aromatic rings. The quantitative estimate of drug-likeness (QED) is 0.0335. The van der Waals surface area contributed by atoms with E-state index in [1.165, 1.54) is 19.4 Å². The monoisotopic (exact) mass is 1020 g/mol. The van der Waals surface area contributed by atoms with Crippen molar-refractivity contribution in [1.82, 2.24) is 57.5 Å². The number of aromatic amines is 2. The van der Waals surface area contributed by atoms with Gasteiger partial charge in [0.2, 0.25) is 53.2 Å². The van der Waals surface area contributed by atoms with E-state index >= 15 is 0 Å². The number of amides is 9. The van der Waals surface area contributed by atoms with Gasteiger partial charge in [0.15, 0.2) is 5.96 Å². The molecule has 0 saturated carbocycles. The summed E-state index contributed by atoms with van der Waals surface area (Å²) in [5.41, 5.74) is 19.4. The minimum Gasteiger partial charge on any atom is -0.370 e. The number of nitrogens with one attached hydrogen (secondary N) is 10. The van der Waals surface area contributed by atoms with Crippen molar-refractivity contribution in [1.29, 1.82) is 0 Å². The molecular weight excluding hydrogens is 955 g/mol. The molecule has 0 bridgehead atoms. The van der Waals surface area contributed by atoms with Crippen molar-refractivity contribution in [3.05, 3.63) is 90.1 Å². The summed E-state index contributed by atoms with van der Waals surface area (Å²) in [6.45, 7) is 3.26. The normalized spacial score (nSPS) is 21.3. The molecule has 16 N–H and O–H groups in total. The van der Waals surface area contributed by atoms with Crippen molar-refractivity contribution in [3.8, 4) is 0 Å². The van der Waals surface area contributed by atoms with E-state index < -0.39 is 102 Å². The van der Waals surface area contributed by atoms with E-state index in [2.05, 4.69) is 62.5 Å². The van der Waals surface area contributed by atoms with Crippen LogP contribution in [0.15, 0.2) is 78.3 Å². The Morgan fingerprint density at radius 1 is 0.757 bits per heavy atom. The Bertz CT molecular complexity index is 2580. The predicted octanol–water partition coefficient (Wildman–Crippen LogP) is -1.25. The third-order valence-corrected chi connectivity index (χ3v) is 12.3. The number of carbonyl (C=O) groups is 9. The number of nitrogens with zero attached hydrogens (tertiary/aromatic N) is 2. The van der Waals surface area contributed by atoms with Crippen molar-refractivity contribution >= 4 is 70.0 Å². The van der Waals surface area contributed by atoms with Gasteiger partial charge in [-0.3, -0.25) is 48.1 Å². The zero-order valence-corrected chi connectivity index (χ0v) is 41.7. The van der Waals surface area contributed by atoms with Gasteiger partial charge in [-0.25, -0.2) is 4.98 Å². The van der Waals surface area contributed by atoms with Crippen molar-refractivity contribution in [2.24, 2.45) is 22.2 Å². The number of nitrogens with two attached hydrogens (primary N) is 3. The molecule has 1 saturated heterocycles. The van der Waals surface area contributed by atoms with Crippen molar-refractivity contribution in [3.63, 3.8) is 0 Å². The number of H-pyrrole nitrogens is 2. The summed E-state index contributed by atoms with van der Waals surface area (Å²) in [5.74, 6) is -7.10. The van der Waals surface area contributed by atoms with Gasteiger partial charge in [-0.15, -0.1) is 0 Å². The van der Waals surface area contributed by atoms with Crippen LogP contribution in [0.1, 0.15) is 88.5 Å². The molecule has 2 aromatic heterocycles. The van der Waals surface area contributed by atoms with Gasteiger partial charge in [-0.05, 0) is 55.7 Å². The summed E-state index contributed by atoms with van der Waals surface area (Å²) in [6.07, 6.45) is 5.72. The number of para-hydroxylation sites is 1. The number of hydrogen-bond acceptors (Lipinski definition) is 11. The summed E-state index contributed by atoms with van der Waals surface area (Å²) in [5, 5.41) is 22.4. The lowest BCUT2D eigenvalue weighted by Gasteiger charge is -2.28. The Balaban J connectivity index is 1.55. The van der Waals surface area contributed by atoms with Crippen LogP contribution in [0.2, 0.25) is 0 Å². The molecule has 7 atom stereocenters. The number of primary amides is 1. The summed E-state index contributed by atoms with van der Waals surface area (Å²) < 4.78 is 0. The zero-order valence-electron chi connectivity index (χ0n) is 41.7. The fraction of sp³-hybridized carbons (Fsp3) is 0.460. The summed E-state index contributed by atoms with van der Waals surface area (Å²) in [6, 6.07) is 6.67. The zero-order chi connectivity index (χ0) is 53.6. The van der Waals surface area contributed by atoms with Gasteiger partial charge in [0, 0.05) is 68.3 Å². The van der Waals surface area contributed by atoms with Gasteiger partial charge in [0.25, 0.3) is 0 Å². The Morgan fingerprint density at radius 2 is 1.41 bits per heavy atom. The van der Waals surface area contributed by atoms with Crippen molar-refractivity contribution < 1.29 is 43.2 Å². The number of aromatic nitrogens is 3. The molecule has 1 aliphatic rings. The molecule has 24 heteroatoms. The van der Waals surface area contributed by atoms with E-state index in [9.17, 15) is 43.2 Å². The van der Waals surface area contributed by atoms with Gasteiger partial charge in [0.05, 0.1) is 12.7 Å². The number of rotatable bonds is 17.